The summed E-state index contributed by atoms with van der Waals surface area (Å²) in [5.74, 6) is 0.657. The summed E-state index contributed by atoms with van der Waals surface area (Å²) < 4.78 is 1.67. The third-order valence-corrected chi connectivity index (χ3v) is 1.13. The van der Waals surface area contributed by atoms with E-state index in [1.165, 1.54) is 0 Å². The van der Waals surface area contributed by atoms with E-state index < -0.39 is 0 Å². The second kappa shape index (κ2) is 1.51. The monoisotopic (exact) mass is 115 g/mol. The zero-order valence-electron chi connectivity index (χ0n) is 3.70. The van der Waals surface area contributed by atoms with Crippen molar-refractivity contribution in [3.05, 3.63) is 12.5 Å². The molecular formula is C3H6N3P. The molecule has 1 rings (SSSR count). The van der Waals surface area contributed by atoms with Gasteiger partial charge in [-0.05, 0) is 9.39 Å². The normalized spacial score (nSPS) is 9.29. The number of rotatable bonds is 0. The van der Waals surface area contributed by atoms with Crippen LogP contribution < -0.4 is 5.73 Å². The third kappa shape index (κ3) is 0.722. The van der Waals surface area contributed by atoms with E-state index >= 15 is 0 Å². The van der Waals surface area contributed by atoms with Gasteiger partial charge >= 0.3 is 0 Å². The van der Waals surface area contributed by atoms with Crippen molar-refractivity contribution < 1.29 is 0 Å². The molecule has 4 heteroatoms. The van der Waals surface area contributed by atoms with Crippen LogP contribution in [0.2, 0.25) is 0 Å². The van der Waals surface area contributed by atoms with Crippen molar-refractivity contribution in [2.24, 2.45) is 0 Å². The van der Waals surface area contributed by atoms with Crippen LogP contribution in [-0.4, -0.2) is 9.32 Å². The SMILES string of the molecule is Nc1cncn1P. The molecule has 38 valence electrons. The molecule has 1 aromatic heterocycles. The Hall–Kier alpha value is -0.560. The lowest BCUT2D eigenvalue weighted by Gasteiger charge is -1.87. The average Bonchev–Trinajstić information content (AvgIpc) is 1.91. The molecule has 0 saturated carbocycles. The van der Waals surface area contributed by atoms with E-state index in [4.69, 9.17) is 5.73 Å². The molecule has 0 aromatic carbocycles. The molecule has 0 saturated heterocycles. The summed E-state index contributed by atoms with van der Waals surface area (Å²) >= 11 is 0. The first-order chi connectivity index (χ1) is 3.30. The van der Waals surface area contributed by atoms with E-state index in [9.17, 15) is 0 Å². The fourth-order valence-electron chi connectivity index (χ4n) is 0.315. The number of aromatic nitrogens is 2. The van der Waals surface area contributed by atoms with Crippen LogP contribution in [0.3, 0.4) is 0 Å². The molecule has 0 aliphatic heterocycles. The first-order valence-electron chi connectivity index (χ1n) is 1.83. The van der Waals surface area contributed by atoms with E-state index in [0.29, 0.717) is 5.82 Å². The number of hydrogen-bond acceptors (Lipinski definition) is 2. The zero-order valence-corrected chi connectivity index (χ0v) is 4.86. The molecule has 0 fully saturated rings. The Morgan fingerprint density at radius 1 is 1.86 bits per heavy atom. The van der Waals surface area contributed by atoms with Crippen LogP contribution in [0.1, 0.15) is 0 Å². The number of hydrogen-bond donors (Lipinski definition) is 1. The molecule has 1 atom stereocenters. The molecule has 0 aliphatic rings. The van der Waals surface area contributed by atoms with Crippen LogP contribution in [0.25, 0.3) is 0 Å². The van der Waals surface area contributed by atoms with Gasteiger partial charge in [-0.2, -0.15) is 0 Å². The maximum atomic E-state index is 5.32. The molecule has 3 nitrogen and oxygen atoms in total. The molecule has 1 aromatic rings. The van der Waals surface area contributed by atoms with Gasteiger partial charge in [0.1, 0.15) is 5.82 Å². The van der Waals surface area contributed by atoms with Crippen molar-refractivity contribution in [1.29, 1.82) is 0 Å². The minimum absolute atomic E-state index is 0.657. The molecule has 0 bridgehead atoms. The van der Waals surface area contributed by atoms with Gasteiger partial charge in [0.2, 0.25) is 0 Å². The molecule has 1 unspecified atom stereocenters. The Morgan fingerprint density at radius 3 is 2.71 bits per heavy atom. The highest BCUT2D eigenvalue weighted by Crippen LogP contribution is 2.02. The van der Waals surface area contributed by atoms with Crippen molar-refractivity contribution in [3.63, 3.8) is 0 Å². The van der Waals surface area contributed by atoms with Crippen LogP contribution in [0.5, 0.6) is 0 Å². The average molecular weight is 115 g/mol. The van der Waals surface area contributed by atoms with Crippen molar-refractivity contribution >= 4 is 15.2 Å². The predicted octanol–water partition coefficient (Wildman–Crippen LogP) is 0.104. The summed E-state index contributed by atoms with van der Waals surface area (Å²) in [6, 6.07) is 0. The van der Waals surface area contributed by atoms with Gasteiger partial charge < -0.3 is 10.1 Å². The summed E-state index contributed by atoms with van der Waals surface area (Å²) in [4.78, 5) is 3.74. The van der Waals surface area contributed by atoms with E-state index in [1.54, 1.807) is 16.9 Å². The number of nitrogens with zero attached hydrogens (tertiary/aromatic N) is 2. The predicted molar refractivity (Wildman–Crippen MR) is 31.7 cm³/mol. The molecule has 0 amide bonds. The van der Waals surface area contributed by atoms with E-state index in [-0.39, 0.29) is 0 Å². The van der Waals surface area contributed by atoms with E-state index in [0.717, 1.165) is 0 Å². The lowest BCUT2D eigenvalue weighted by Crippen LogP contribution is -1.86. The van der Waals surface area contributed by atoms with Crippen LogP contribution >= 0.6 is 9.39 Å². The van der Waals surface area contributed by atoms with Crippen molar-refractivity contribution in [2.75, 3.05) is 5.73 Å². The molecule has 7 heavy (non-hydrogen) atoms. The Labute approximate surface area is 43.8 Å². The Morgan fingerprint density at radius 2 is 2.57 bits per heavy atom. The Balaban J connectivity index is 3.12. The van der Waals surface area contributed by atoms with Gasteiger partial charge in [-0.15, -0.1) is 0 Å². The maximum absolute atomic E-state index is 5.32. The molecule has 0 aliphatic carbocycles. The van der Waals surface area contributed by atoms with Crippen molar-refractivity contribution in [1.82, 2.24) is 9.32 Å². The smallest absolute Gasteiger partial charge is 0.126 e. The summed E-state index contributed by atoms with van der Waals surface area (Å²) in [5, 5.41) is 0. The second-order valence-electron chi connectivity index (χ2n) is 1.23. The molecule has 0 radical (unpaired) electrons. The first kappa shape index (κ1) is 4.60. The lowest BCUT2D eigenvalue weighted by atomic mass is 10.8. The topological polar surface area (TPSA) is 43.8 Å². The van der Waals surface area contributed by atoms with Gasteiger partial charge in [0.25, 0.3) is 0 Å². The maximum Gasteiger partial charge on any atom is 0.126 e. The molecule has 0 spiro atoms. The fraction of sp³-hybridized carbons (Fsp3) is 0. The van der Waals surface area contributed by atoms with E-state index in [1.807, 2.05) is 0 Å². The van der Waals surface area contributed by atoms with Gasteiger partial charge in [-0.1, -0.05) is 0 Å². The molecule has 2 N–H and O–H groups in total. The van der Waals surface area contributed by atoms with Crippen LogP contribution in [0.4, 0.5) is 5.82 Å². The second-order valence-corrected chi connectivity index (χ2v) is 1.78. The number of nitrogens with two attached hydrogens (primary N) is 1. The lowest BCUT2D eigenvalue weighted by molar-refractivity contribution is 1.24. The minimum Gasteiger partial charge on any atom is -0.384 e. The van der Waals surface area contributed by atoms with Crippen molar-refractivity contribution in [2.45, 2.75) is 0 Å². The zero-order chi connectivity index (χ0) is 5.28. The molecule has 1 heterocycles. The van der Waals surface area contributed by atoms with Gasteiger partial charge in [0.15, 0.2) is 0 Å². The van der Waals surface area contributed by atoms with Gasteiger partial charge in [-0.25, -0.2) is 4.98 Å². The minimum atomic E-state index is 0.657. The summed E-state index contributed by atoms with van der Waals surface area (Å²) in [6.45, 7) is 0. The summed E-state index contributed by atoms with van der Waals surface area (Å²) in [7, 11) is 2.40. The van der Waals surface area contributed by atoms with Gasteiger partial charge in [0.05, 0.1) is 12.5 Å². The summed E-state index contributed by atoms with van der Waals surface area (Å²) in [5.41, 5.74) is 5.32. The fourth-order valence-corrected chi connectivity index (χ4v) is 0.459. The summed E-state index contributed by atoms with van der Waals surface area (Å²) in [6.07, 6.45) is 3.22. The largest absolute Gasteiger partial charge is 0.384 e. The number of nitrogen functional groups attached to an aromatic ring is 1. The van der Waals surface area contributed by atoms with Crippen molar-refractivity contribution in [3.8, 4) is 0 Å². The highest BCUT2D eigenvalue weighted by Gasteiger charge is 1.84. The third-order valence-electron chi connectivity index (χ3n) is 0.696. The van der Waals surface area contributed by atoms with Crippen LogP contribution in [0, 0.1) is 0 Å². The number of imidazole rings is 1. The highest BCUT2D eigenvalue weighted by atomic mass is 31.0. The van der Waals surface area contributed by atoms with Gasteiger partial charge in [0, 0.05) is 0 Å². The Bertz CT molecular complexity index is 142. The first-order valence-corrected chi connectivity index (χ1v) is 2.35. The van der Waals surface area contributed by atoms with Crippen LogP contribution in [0.15, 0.2) is 12.5 Å². The quantitative estimate of drug-likeness (QED) is 0.487. The van der Waals surface area contributed by atoms with E-state index in [2.05, 4.69) is 14.4 Å². The number of anilines is 1. The van der Waals surface area contributed by atoms with Crippen LogP contribution in [-0.2, 0) is 0 Å². The highest BCUT2D eigenvalue weighted by molar-refractivity contribution is 7.14. The van der Waals surface area contributed by atoms with Gasteiger partial charge in [-0.3, -0.25) is 0 Å². The molecular weight excluding hydrogens is 109 g/mol. The Kier molecular flexibility index (Phi) is 0.988. The standard InChI is InChI=1S/C3H6N3P/c4-3-1-5-2-6(3)7/h1-2H,4,7H2.